The molecule has 2 heterocycles. The van der Waals surface area contributed by atoms with E-state index in [0.29, 0.717) is 0 Å². The summed E-state index contributed by atoms with van der Waals surface area (Å²) in [7, 11) is 0. The SMILES string of the molecule is CCC[C@@H]1CCCC[C@H](C=O)N1C(=O)OC(C)(C)C.CCC[C@@H]1CCCC[C@H](CO)N1C(=O)OC(C)(C)C. The van der Waals surface area contributed by atoms with Crippen LogP contribution in [0, 0.1) is 0 Å². The standard InChI is InChI=1S/C15H29NO3.C15H27NO3/c2*1-5-8-12-9-6-7-10-13(11-17)16(12)14(18)19-15(2,3)4/h12-13,17H,5-11H2,1-4H3;11-13H,5-10H2,1-4H3/t2*12-,13-/m11/s1. The van der Waals surface area contributed by atoms with E-state index in [0.717, 1.165) is 83.3 Å². The zero-order valence-electron chi connectivity index (χ0n) is 25.5. The van der Waals surface area contributed by atoms with Crippen molar-refractivity contribution in [1.82, 2.24) is 9.80 Å². The summed E-state index contributed by atoms with van der Waals surface area (Å²) in [5.74, 6) is 0. The first kappa shape index (κ1) is 34.2. The summed E-state index contributed by atoms with van der Waals surface area (Å²) in [6, 6.07) is -0.0696. The van der Waals surface area contributed by atoms with Crippen LogP contribution in [0.2, 0.25) is 0 Å². The molecule has 0 radical (unpaired) electrons. The molecule has 0 unspecified atom stereocenters. The highest BCUT2D eigenvalue weighted by Gasteiger charge is 2.36. The van der Waals surface area contributed by atoms with Gasteiger partial charge in [0, 0.05) is 12.1 Å². The molecule has 0 spiro atoms. The van der Waals surface area contributed by atoms with Crippen molar-refractivity contribution >= 4 is 18.5 Å². The maximum atomic E-state index is 12.4. The second-order valence-electron chi connectivity index (χ2n) is 12.8. The molecule has 0 saturated carbocycles. The number of amides is 2. The van der Waals surface area contributed by atoms with Crippen molar-refractivity contribution in [3.05, 3.63) is 0 Å². The van der Waals surface area contributed by atoms with E-state index in [1.807, 2.05) is 46.4 Å². The van der Waals surface area contributed by atoms with E-state index in [2.05, 4.69) is 13.8 Å². The molecule has 2 rings (SSSR count). The first-order chi connectivity index (χ1) is 17.8. The number of ether oxygens (including phenoxy) is 2. The van der Waals surface area contributed by atoms with Crippen LogP contribution in [0.1, 0.15) is 132 Å². The van der Waals surface area contributed by atoms with E-state index in [4.69, 9.17) is 9.47 Å². The summed E-state index contributed by atoms with van der Waals surface area (Å²) < 4.78 is 11.0. The van der Waals surface area contributed by atoms with Crippen LogP contribution in [0.15, 0.2) is 0 Å². The fourth-order valence-electron chi connectivity index (χ4n) is 5.38. The van der Waals surface area contributed by atoms with E-state index >= 15 is 0 Å². The summed E-state index contributed by atoms with van der Waals surface area (Å²) in [5, 5.41) is 9.57. The summed E-state index contributed by atoms with van der Waals surface area (Å²) in [5.41, 5.74) is -1.01. The zero-order valence-corrected chi connectivity index (χ0v) is 25.5. The molecule has 8 heteroatoms. The number of aliphatic hydroxyl groups is 1. The third-order valence-electron chi connectivity index (χ3n) is 6.97. The quantitative estimate of drug-likeness (QED) is 0.370. The molecule has 2 aliphatic heterocycles. The number of hydrogen-bond donors (Lipinski definition) is 1. The summed E-state index contributed by atoms with van der Waals surface area (Å²) in [4.78, 5) is 39.6. The third-order valence-corrected chi connectivity index (χ3v) is 6.97. The van der Waals surface area contributed by atoms with Gasteiger partial charge in [-0.15, -0.1) is 0 Å². The van der Waals surface area contributed by atoms with Gasteiger partial charge in [0.2, 0.25) is 0 Å². The fraction of sp³-hybridized carbons (Fsp3) is 0.900. The summed E-state index contributed by atoms with van der Waals surface area (Å²) in [6.07, 6.45) is 12.1. The molecule has 2 amide bonds. The largest absolute Gasteiger partial charge is 0.444 e. The van der Waals surface area contributed by atoms with Gasteiger partial charge in [-0.3, -0.25) is 9.80 Å². The first-order valence-electron chi connectivity index (χ1n) is 14.9. The molecule has 0 aromatic rings. The van der Waals surface area contributed by atoms with Crippen LogP contribution in [0.25, 0.3) is 0 Å². The molecule has 2 fully saturated rings. The smallest absolute Gasteiger partial charge is 0.411 e. The van der Waals surface area contributed by atoms with Crippen LogP contribution in [-0.2, 0) is 14.3 Å². The zero-order chi connectivity index (χ0) is 28.9. The predicted molar refractivity (Wildman–Crippen MR) is 151 cm³/mol. The van der Waals surface area contributed by atoms with Gasteiger partial charge >= 0.3 is 12.2 Å². The molecule has 4 atom stereocenters. The maximum absolute atomic E-state index is 12.4. The molecule has 0 aliphatic carbocycles. The van der Waals surface area contributed by atoms with Gasteiger partial charge in [-0.1, -0.05) is 52.4 Å². The maximum Gasteiger partial charge on any atom is 0.411 e. The number of carbonyl (C=O) groups excluding carboxylic acids is 3. The molecule has 2 saturated heterocycles. The monoisotopic (exact) mass is 540 g/mol. The molecular weight excluding hydrogens is 484 g/mol. The summed E-state index contributed by atoms with van der Waals surface area (Å²) in [6.45, 7) is 15.5. The minimum Gasteiger partial charge on any atom is -0.444 e. The van der Waals surface area contributed by atoms with E-state index in [-0.39, 0.29) is 43.0 Å². The lowest BCUT2D eigenvalue weighted by Crippen LogP contribution is -2.49. The lowest BCUT2D eigenvalue weighted by atomic mass is 10.1. The van der Waals surface area contributed by atoms with Crippen molar-refractivity contribution in [2.45, 2.75) is 168 Å². The highest BCUT2D eigenvalue weighted by atomic mass is 16.6. The first-order valence-corrected chi connectivity index (χ1v) is 14.9. The molecule has 0 aromatic carbocycles. The second-order valence-corrected chi connectivity index (χ2v) is 12.8. The Balaban J connectivity index is 0.000000380. The van der Waals surface area contributed by atoms with Crippen molar-refractivity contribution < 1.29 is 29.0 Å². The van der Waals surface area contributed by atoms with Crippen LogP contribution in [0.5, 0.6) is 0 Å². The average Bonchev–Trinajstić information content (AvgIpc) is 3.13. The van der Waals surface area contributed by atoms with E-state index in [1.54, 1.807) is 4.90 Å². The minimum absolute atomic E-state index is 0.0272. The Bertz CT molecular complexity index is 715. The molecule has 2 aliphatic rings. The van der Waals surface area contributed by atoms with Crippen molar-refractivity contribution in [2.24, 2.45) is 0 Å². The summed E-state index contributed by atoms with van der Waals surface area (Å²) >= 11 is 0. The number of likely N-dealkylation sites (tertiary alicyclic amines) is 2. The van der Waals surface area contributed by atoms with Gasteiger partial charge in [-0.2, -0.15) is 0 Å². The number of nitrogens with zero attached hydrogens (tertiary/aromatic N) is 2. The lowest BCUT2D eigenvalue weighted by molar-refractivity contribution is -0.113. The minimum atomic E-state index is -0.520. The Hall–Kier alpha value is -1.83. The van der Waals surface area contributed by atoms with Crippen LogP contribution in [0.4, 0.5) is 9.59 Å². The van der Waals surface area contributed by atoms with Crippen molar-refractivity contribution in [2.75, 3.05) is 6.61 Å². The molecule has 0 bridgehead atoms. The van der Waals surface area contributed by atoms with Gasteiger partial charge in [0.25, 0.3) is 0 Å². The second kappa shape index (κ2) is 16.3. The highest BCUT2D eigenvalue weighted by Crippen LogP contribution is 2.28. The average molecular weight is 541 g/mol. The van der Waals surface area contributed by atoms with Crippen LogP contribution in [0.3, 0.4) is 0 Å². The molecule has 38 heavy (non-hydrogen) atoms. The van der Waals surface area contributed by atoms with Crippen molar-refractivity contribution in [1.29, 1.82) is 0 Å². The number of rotatable bonds is 6. The van der Waals surface area contributed by atoms with E-state index in [1.165, 1.54) is 0 Å². The Morgan fingerprint density at radius 1 is 0.737 bits per heavy atom. The van der Waals surface area contributed by atoms with Crippen LogP contribution < -0.4 is 0 Å². The molecule has 1 N–H and O–H groups in total. The van der Waals surface area contributed by atoms with Gasteiger partial charge in [-0.05, 0) is 80.1 Å². The number of aldehydes is 1. The van der Waals surface area contributed by atoms with Gasteiger partial charge in [0.1, 0.15) is 17.5 Å². The van der Waals surface area contributed by atoms with E-state index < -0.39 is 11.2 Å². The fourth-order valence-corrected chi connectivity index (χ4v) is 5.38. The van der Waals surface area contributed by atoms with Crippen LogP contribution >= 0.6 is 0 Å². The number of aliphatic hydroxyl groups excluding tert-OH is 1. The molecular formula is C30H56N2O6. The predicted octanol–water partition coefficient (Wildman–Crippen LogP) is 6.86. The van der Waals surface area contributed by atoms with Crippen molar-refractivity contribution in [3.8, 4) is 0 Å². The molecule has 0 aromatic heterocycles. The Labute approximate surface area is 231 Å². The molecule has 222 valence electrons. The highest BCUT2D eigenvalue weighted by molar-refractivity contribution is 5.74. The topological polar surface area (TPSA) is 96.4 Å². The number of carbonyl (C=O) groups is 3. The van der Waals surface area contributed by atoms with Gasteiger partial charge < -0.3 is 19.4 Å². The Morgan fingerprint density at radius 2 is 1.13 bits per heavy atom. The Kier molecular flexibility index (Phi) is 14.7. The molecule has 8 nitrogen and oxygen atoms in total. The van der Waals surface area contributed by atoms with Crippen molar-refractivity contribution in [3.63, 3.8) is 0 Å². The third kappa shape index (κ3) is 11.9. The van der Waals surface area contributed by atoms with E-state index in [9.17, 15) is 19.5 Å². The van der Waals surface area contributed by atoms with Crippen LogP contribution in [-0.4, -0.2) is 75.4 Å². The van der Waals surface area contributed by atoms with Gasteiger partial charge in [0.05, 0.1) is 18.7 Å². The van der Waals surface area contributed by atoms with Gasteiger partial charge in [-0.25, -0.2) is 9.59 Å². The Morgan fingerprint density at radius 3 is 1.53 bits per heavy atom. The van der Waals surface area contributed by atoms with Gasteiger partial charge in [0.15, 0.2) is 0 Å². The lowest BCUT2D eigenvalue weighted by Gasteiger charge is -2.36. The normalized spacial score (nSPS) is 24.9. The number of hydrogen-bond acceptors (Lipinski definition) is 6.